The van der Waals surface area contributed by atoms with E-state index in [0.717, 1.165) is 0 Å². The van der Waals surface area contributed by atoms with E-state index in [1.165, 1.54) is 0 Å². The van der Waals surface area contributed by atoms with Gasteiger partial charge in [0.05, 0.1) is 10.2 Å². The normalized spacial score (nSPS) is 4.80. The summed E-state index contributed by atoms with van der Waals surface area (Å²) < 4.78 is 0. The fourth-order valence-electron chi connectivity index (χ4n) is 0. The molecule has 0 amide bonds. The van der Waals surface area contributed by atoms with E-state index < -0.39 is 10.2 Å². The third-order valence-corrected chi connectivity index (χ3v) is 0. The van der Waals surface area contributed by atoms with E-state index in [1.807, 2.05) is 0 Å². The van der Waals surface area contributed by atoms with Crippen LogP contribution in [0.4, 0.5) is 0 Å². The van der Waals surface area contributed by atoms with Gasteiger partial charge in [0.2, 0.25) is 0 Å². The third kappa shape index (κ3) is 1550. The van der Waals surface area contributed by atoms with Crippen LogP contribution in [0.3, 0.4) is 0 Å². The van der Waals surface area contributed by atoms with Gasteiger partial charge in [0, 0.05) is 36.5 Å². The van der Waals surface area contributed by atoms with Gasteiger partial charge in [-0.1, -0.05) is 0 Å². The molecule has 10 heteroatoms. The zero-order valence-corrected chi connectivity index (χ0v) is 6.99. The summed E-state index contributed by atoms with van der Waals surface area (Å²) in [4.78, 5) is 16.5. The number of hydrogen-bond donors (Lipinski definition) is 0. The Morgan fingerprint density at radius 3 is 0.800 bits per heavy atom. The summed E-state index contributed by atoms with van der Waals surface area (Å²) in [5, 5.41) is 29.5. The van der Waals surface area contributed by atoms with Crippen molar-refractivity contribution in [3.05, 3.63) is 30.6 Å². The summed E-state index contributed by atoms with van der Waals surface area (Å²) in [6.07, 6.45) is 0. The van der Waals surface area contributed by atoms with Gasteiger partial charge in [0.25, 0.3) is 0 Å². The predicted octanol–water partition coefficient (Wildman–Crippen LogP) is -0.483. The van der Waals surface area contributed by atoms with Gasteiger partial charge in [0.1, 0.15) is 0 Å². The van der Waals surface area contributed by atoms with E-state index in [1.54, 1.807) is 0 Å². The molecule has 0 aliphatic heterocycles. The Morgan fingerprint density at radius 2 is 0.800 bits per heavy atom. The Hall–Kier alpha value is -0.457. The van der Waals surface area contributed by atoms with Gasteiger partial charge < -0.3 is 30.6 Å². The Kier molecular flexibility index (Phi) is 35.9. The van der Waals surface area contributed by atoms with Crippen molar-refractivity contribution in [2.75, 3.05) is 0 Å². The molecule has 0 unspecified atom stereocenters. The van der Waals surface area contributed by atoms with Gasteiger partial charge in [-0.15, -0.1) is 0 Å². The Bertz CT molecular complexity index is 73.7. The van der Waals surface area contributed by atoms with Crippen LogP contribution in [0, 0.1) is 30.6 Å². The maximum absolute atomic E-state index is 8.25. The first-order valence-electron chi connectivity index (χ1n) is 1.10. The van der Waals surface area contributed by atoms with Crippen molar-refractivity contribution in [1.82, 2.24) is 0 Å². The van der Waals surface area contributed by atoms with Crippen LogP contribution in [-0.4, -0.2) is 10.2 Å². The maximum Gasteiger partial charge on any atom is 0.0689 e. The van der Waals surface area contributed by atoms with Gasteiger partial charge in [-0.2, -0.15) is 0 Å². The van der Waals surface area contributed by atoms with Gasteiger partial charge in [-0.05, 0) is 0 Å². The molecule has 1 radical (unpaired) electrons. The molecule has 0 N–H and O–H groups in total. The van der Waals surface area contributed by atoms with Crippen LogP contribution in [0.25, 0.3) is 0 Å². The summed E-state index contributed by atoms with van der Waals surface area (Å²) in [6.45, 7) is 0. The summed E-state index contributed by atoms with van der Waals surface area (Å²) in [6, 6.07) is 0. The first kappa shape index (κ1) is 22.7. The van der Waals surface area contributed by atoms with Crippen LogP contribution in [0.1, 0.15) is 0 Å². The van der Waals surface area contributed by atoms with Crippen molar-refractivity contribution >= 4 is 0 Å². The van der Waals surface area contributed by atoms with Gasteiger partial charge in [0.15, 0.2) is 0 Å². The second-order valence-electron chi connectivity index (χ2n) is 0.447. The second-order valence-corrected chi connectivity index (χ2v) is 0.447. The SMILES string of the molecule is O=[N+]([O-])[O-].O=[N+]([O-])[O-].[Mn].[Ru]. The van der Waals surface area contributed by atoms with E-state index in [9.17, 15) is 0 Å². The number of rotatable bonds is 0. The molecule has 0 saturated heterocycles. The molecular formula is MnN2O6Ru-2. The molecule has 0 saturated carbocycles. The molecule has 0 spiro atoms. The van der Waals surface area contributed by atoms with Gasteiger partial charge in [-0.25, -0.2) is 0 Å². The first-order chi connectivity index (χ1) is 3.46. The Morgan fingerprint density at radius 1 is 0.800 bits per heavy atom. The summed E-state index contributed by atoms with van der Waals surface area (Å²) in [5.41, 5.74) is 0. The predicted molar refractivity (Wildman–Crippen MR) is 20.7 cm³/mol. The van der Waals surface area contributed by atoms with Crippen LogP contribution < -0.4 is 0 Å². The summed E-state index contributed by atoms with van der Waals surface area (Å²) in [7, 11) is 0. The van der Waals surface area contributed by atoms with Crippen molar-refractivity contribution in [2.24, 2.45) is 0 Å². The molecule has 0 aromatic heterocycles. The fourth-order valence-corrected chi connectivity index (χ4v) is 0. The molecule has 10 heavy (non-hydrogen) atoms. The molecule has 63 valence electrons. The summed E-state index contributed by atoms with van der Waals surface area (Å²) in [5.74, 6) is 0. The largest absolute Gasteiger partial charge is 0.356 e. The second kappa shape index (κ2) is 15.8. The van der Waals surface area contributed by atoms with Crippen LogP contribution in [0.15, 0.2) is 0 Å². The molecule has 0 rings (SSSR count). The van der Waals surface area contributed by atoms with Crippen molar-refractivity contribution in [3.8, 4) is 0 Å². The minimum Gasteiger partial charge on any atom is -0.356 e. The minimum atomic E-state index is -1.75. The van der Waals surface area contributed by atoms with Crippen LogP contribution in [0.2, 0.25) is 0 Å². The average Bonchev–Trinajstić information content (AvgIpc) is 1.25. The molecule has 0 heterocycles. The number of hydrogen-bond acceptors (Lipinski definition) is 6. The Labute approximate surface area is 77.7 Å². The summed E-state index contributed by atoms with van der Waals surface area (Å²) >= 11 is 0. The molecule has 0 aromatic rings. The zero-order chi connectivity index (χ0) is 7.15. The maximum atomic E-state index is 8.25. The van der Waals surface area contributed by atoms with Crippen molar-refractivity contribution in [3.63, 3.8) is 0 Å². The molecular weight excluding hydrogens is 280 g/mol. The first-order valence-corrected chi connectivity index (χ1v) is 1.10. The number of nitrogens with zero attached hydrogens (tertiary/aromatic N) is 2. The Balaban J connectivity index is -0.0000000300. The smallest absolute Gasteiger partial charge is 0.0689 e. The van der Waals surface area contributed by atoms with E-state index in [2.05, 4.69) is 0 Å². The molecule has 0 aliphatic rings. The molecule has 0 atom stereocenters. The zero-order valence-electron chi connectivity index (χ0n) is 4.08. The minimum absolute atomic E-state index is 0. The van der Waals surface area contributed by atoms with Crippen LogP contribution in [0.5, 0.6) is 0 Å². The monoisotopic (exact) mass is 281 g/mol. The molecule has 0 aromatic carbocycles. The van der Waals surface area contributed by atoms with E-state index >= 15 is 0 Å². The van der Waals surface area contributed by atoms with Crippen molar-refractivity contribution in [2.45, 2.75) is 0 Å². The molecule has 0 bridgehead atoms. The van der Waals surface area contributed by atoms with Crippen molar-refractivity contribution in [1.29, 1.82) is 0 Å². The molecule has 0 aliphatic carbocycles. The van der Waals surface area contributed by atoms with E-state index in [0.29, 0.717) is 0 Å². The fraction of sp³-hybridized carbons (Fsp3) is 0. The van der Waals surface area contributed by atoms with Crippen LogP contribution in [-0.2, 0) is 36.5 Å². The van der Waals surface area contributed by atoms with Gasteiger partial charge >= 0.3 is 0 Å². The standard InChI is InChI=1S/Mn.2NO3.Ru/c;2*2-1(3)4;/q;2*-1;. The van der Waals surface area contributed by atoms with E-state index in [-0.39, 0.29) is 36.5 Å². The molecule has 8 nitrogen and oxygen atoms in total. The third-order valence-electron chi connectivity index (χ3n) is 0. The van der Waals surface area contributed by atoms with Crippen molar-refractivity contribution < 1.29 is 46.7 Å². The average molecular weight is 280 g/mol. The van der Waals surface area contributed by atoms with E-state index in [4.69, 9.17) is 30.6 Å². The topological polar surface area (TPSA) is 132 Å². The van der Waals surface area contributed by atoms with Crippen LogP contribution >= 0.6 is 0 Å². The van der Waals surface area contributed by atoms with Gasteiger partial charge in [-0.3, -0.25) is 0 Å². The molecule has 0 fully saturated rings. The quantitative estimate of drug-likeness (QED) is 0.334.